The minimum atomic E-state index is 0.0867. The lowest BCUT2D eigenvalue weighted by molar-refractivity contribution is -0.118. The van der Waals surface area contributed by atoms with E-state index in [4.69, 9.17) is 11.6 Å². The van der Waals surface area contributed by atoms with Crippen molar-refractivity contribution in [3.05, 3.63) is 29.3 Å². The van der Waals surface area contributed by atoms with Crippen LogP contribution in [0.25, 0.3) is 0 Å². The summed E-state index contributed by atoms with van der Waals surface area (Å²) in [6.07, 6.45) is 2.37. The maximum absolute atomic E-state index is 11.7. The molecule has 18 heavy (non-hydrogen) atoms. The summed E-state index contributed by atoms with van der Waals surface area (Å²) in [7, 11) is 0. The van der Waals surface area contributed by atoms with Crippen LogP contribution in [0, 0.1) is 0 Å². The van der Waals surface area contributed by atoms with Gasteiger partial charge in [0.1, 0.15) is 0 Å². The summed E-state index contributed by atoms with van der Waals surface area (Å²) in [5.74, 6) is 0.539. The Hall–Kier alpha value is -0.710. The van der Waals surface area contributed by atoms with Gasteiger partial charge in [-0.15, -0.1) is 11.8 Å². The first-order valence-electron chi connectivity index (χ1n) is 6.12. The monoisotopic (exact) mass is 284 g/mol. The third-order valence-electron chi connectivity index (χ3n) is 2.89. The number of hydrogen-bond donors (Lipinski definition) is 2. The predicted molar refractivity (Wildman–Crippen MR) is 76.2 cm³/mol. The lowest BCUT2D eigenvalue weighted by Gasteiger charge is -2.11. The number of nitrogens with one attached hydrogen (secondary N) is 2. The van der Waals surface area contributed by atoms with Crippen LogP contribution in [0.1, 0.15) is 12.8 Å². The molecule has 1 fully saturated rings. The van der Waals surface area contributed by atoms with E-state index in [-0.39, 0.29) is 5.91 Å². The van der Waals surface area contributed by atoms with Crippen molar-refractivity contribution >= 4 is 29.3 Å². The fraction of sp³-hybridized carbons (Fsp3) is 0.462. The van der Waals surface area contributed by atoms with Gasteiger partial charge in [-0.2, -0.15) is 0 Å². The SMILES string of the molecule is O=C(CSc1ccc(Cl)cc1)NCC1CCCN1. The smallest absolute Gasteiger partial charge is 0.230 e. The van der Waals surface area contributed by atoms with Gasteiger partial charge in [0.05, 0.1) is 5.75 Å². The summed E-state index contributed by atoms with van der Waals surface area (Å²) in [4.78, 5) is 12.7. The molecule has 2 N–H and O–H groups in total. The molecule has 1 unspecified atom stereocenters. The van der Waals surface area contributed by atoms with E-state index in [1.54, 1.807) is 0 Å². The summed E-state index contributed by atoms with van der Waals surface area (Å²) in [5.41, 5.74) is 0. The van der Waals surface area contributed by atoms with Crippen molar-refractivity contribution < 1.29 is 4.79 Å². The molecule has 1 aromatic carbocycles. The second-order valence-corrected chi connectivity index (χ2v) is 5.83. The zero-order chi connectivity index (χ0) is 12.8. The Labute approximate surface area is 117 Å². The molecule has 0 bridgehead atoms. The highest BCUT2D eigenvalue weighted by Crippen LogP contribution is 2.19. The largest absolute Gasteiger partial charge is 0.354 e. The Bertz CT molecular complexity index is 390. The molecule has 98 valence electrons. The third-order valence-corrected chi connectivity index (χ3v) is 4.16. The standard InChI is InChI=1S/C13H17ClN2OS/c14-10-3-5-12(6-4-10)18-9-13(17)16-8-11-2-1-7-15-11/h3-6,11,15H,1-2,7-9H2,(H,16,17). The summed E-state index contributed by atoms with van der Waals surface area (Å²) in [6.45, 7) is 1.81. The Morgan fingerprint density at radius 1 is 1.44 bits per heavy atom. The molecule has 1 aliphatic rings. The topological polar surface area (TPSA) is 41.1 Å². The fourth-order valence-electron chi connectivity index (χ4n) is 1.90. The highest BCUT2D eigenvalue weighted by molar-refractivity contribution is 8.00. The van der Waals surface area contributed by atoms with Crippen LogP contribution >= 0.6 is 23.4 Å². The summed E-state index contributed by atoms with van der Waals surface area (Å²) >= 11 is 7.33. The highest BCUT2D eigenvalue weighted by atomic mass is 35.5. The molecular formula is C13H17ClN2OS. The van der Waals surface area contributed by atoms with Crippen molar-refractivity contribution in [2.75, 3.05) is 18.8 Å². The van der Waals surface area contributed by atoms with E-state index in [1.807, 2.05) is 24.3 Å². The van der Waals surface area contributed by atoms with Gasteiger partial charge in [-0.05, 0) is 43.7 Å². The van der Waals surface area contributed by atoms with Gasteiger partial charge in [0.15, 0.2) is 0 Å². The van der Waals surface area contributed by atoms with E-state index in [0.717, 1.165) is 29.4 Å². The number of halogens is 1. The van der Waals surface area contributed by atoms with Crippen molar-refractivity contribution in [2.45, 2.75) is 23.8 Å². The van der Waals surface area contributed by atoms with Gasteiger partial charge in [-0.3, -0.25) is 4.79 Å². The molecule has 0 aromatic heterocycles. The number of thioether (sulfide) groups is 1. The number of benzene rings is 1. The van der Waals surface area contributed by atoms with Crippen LogP contribution < -0.4 is 10.6 Å². The Morgan fingerprint density at radius 2 is 2.22 bits per heavy atom. The van der Waals surface area contributed by atoms with Gasteiger partial charge in [0.2, 0.25) is 5.91 Å². The molecule has 0 saturated carbocycles. The average Bonchev–Trinajstić information content (AvgIpc) is 2.89. The lowest BCUT2D eigenvalue weighted by Crippen LogP contribution is -2.37. The van der Waals surface area contributed by atoms with Crippen LogP contribution in [-0.4, -0.2) is 30.8 Å². The molecule has 1 aromatic rings. The Morgan fingerprint density at radius 3 is 2.89 bits per heavy atom. The van der Waals surface area contributed by atoms with Crippen LogP contribution in [0.2, 0.25) is 5.02 Å². The molecule has 1 heterocycles. The molecule has 1 saturated heterocycles. The molecule has 3 nitrogen and oxygen atoms in total. The zero-order valence-electron chi connectivity index (χ0n) is 10.1. The second kappa shape index (κ2) is 7.02. The van der Waals surface area contributed by atoms with Gasteiger partial charge in [0, 0.05) is 22.5 Å². The molecule has 0 radical (unpaired) electrons. The number of carbonyl (C=O) groups is 1. The van der Waals surface area contributed by atoms with E-state index >= 15 is 0 Å². The van der Waals surface area contributed by atoms with Crippen molar-refractivity contribution in [2.24, 2.45) is 0 Å². The minimum Gasteiger partial charge on any atom is -0.354 e. The molecule has 0 aliphatic carbocycles. The van der Waals surface area contributed by atoms with Crippen LogP contribution in [-0.2, 0) is 4.79 Å². The second-order valence-electron chi connectivity index (χ2n) is 4.34. The van der Waals surface area contributed by atoms with Crippen LogP contribution in [0.15, 0.2) is 29.2 Å². The Balaban J connectivity index is 1.66. The molecule has 1 aliphatic heterocycles. The van der Waals surface area contributed by atoms with E-state index in [9.17, 15) is 4.79 Å². The van der Waals surface area contributed by atoms with Gasteiger partial charge in [0.25, 0.3) is 0 Å². The maximum atomic E-state index is 11.7. The molecule has 1 atom stereocenters. The quantitative estimate of drug-likeness (QED) is 0.815. The first-order valence-corrected chi connectivity index (χ1v) is 7.49. The number of rotatable bonds is 5. The zero-order valence-corrected chi connectivity index (χ0v) is 11.7. The van der Waals surface area contributed by atoms with E-state index in [0.29, 0.717) is 11.8 Å². The van der Waals surface area contributed by atoms with Crippen molar-refractivity contribution in [3.63, 3.8) is 0 Å². The minimum absolute atomic E-state index is 0.0867. The molecular weight excluding hydrogens is 268 g/mol. The van der Waals surface area contributed by atoms with Crippen molar-refractivity contribution in [1.82, 2.24) is 10.6 Å². The molecule has 1 amide bonds. The van der Waals surface area contributed by atoms with Crippen molar-refractivity contribution in [3.8, 4) is 0 Å². The van der Waals surface area contributed by atoms with E-state index < -0.39 is 0 Å². The predicted octanol–water partition coefficient (Wildman–Crippen LogP) is 2.30. The fourth-order valence-corrected chi connectivity index (χ4v) is 2.75. The first-order chi connectivity index (χ1) is 8.74. The average molecular weight is 285 g/mol. The van der Waals surface area contributed by atoms with Crippen molar-refractivity contribution in [1.29, 1.82) is 0 Å². The molecule has 5 heteroatoms. The summed E-state index contributed by atoms with van der Waals surface area (Å²) < 4.78 is 0. The van der Waals surface area contributed by atoms with Gasteiger partial charge in [-0.25, -0.2) is 0 Å². The van der Waals surface area contributed by atoms with E-state index in [2.05, 4.69) is 10.6 Å². The van der Waals surface area contributed by atoms with Crippen LogP contribution in [0.4, 0.5) is 0 Å². The van der Waals surface area contributed by atoms with Crippen LogP contribution in [0.5, 0.6) is 0 Å². The number of hydrogen-bond acceptors (Lipinski definition) is 3. The highest BCUT2D eigenvalue weighted by Gasteiger charge is 2.14. The Kier molecular flexibility index (Phi) is 5.35. The molecule has 2 rings (SSSR count). The first kappa shape index (κ1) is 13.7. The van der Waals surface area contributed by atoms with Crippen LogP contribution in [0.3, 0.4) is 0 Å². The summed E-state index contributed by atoms with van der Waals surface area (Å²) in [6, 6.07) is 7.99. The van der Waals surface area contributed by atoms with Gasteiger partial charge >= 0.3 is 0 Å². The van der Waals surface area contributed by atoms with Gasteiger partial charge in [-0.1, -0.05) is 11.6 Å². The lowest BCUT2D eigenvalue weighted by atomic mass is 10.2. The van der Waals surface area contributed by atoms with E-state index in [1.165, 1.54) is 18.2 Å². The normalized spacial score (nSPS) is 18.8. The maximum Gasteiger partial charge on any atom is 0.230 e. The summed E-state index contributed by atoms with van der Waals surface area (Å²) in [5, 5.41) is 7.03. The molecule has 0 spiro atoms. The third kappa shape index (κ3) is 4.52. The number of carbonyl (C=O) groups excluding carboxylic acids is 1. The number of amides is 1. The van der Waals surface area contributed by atoms with Gasteiger partial charge < -0.3 is 10.6 Å².